The summed E-state index contributed by atoms with van der Waals surface area (Å²) < 4.78 is 1.78. The Morgan fingerprint density at radius 1 is 1.29 bits per heavy atom. The van der Waals surface area contributed by atoms with E-state index in [1.807, 2.05) is 0 Å². The van der Waals surface area contributed by atoms with Crippen LogP contribution in [0.25, 0.3) is 0 Å². The third kappa shape index (κ3) is 4.09. The highest BCUT2D eigenvalue weighted by atomic mass is 32.1. The van der Waals surface area contributed by atoms with E-state index in [2.05, 4.69) is 13.0 Å². The molecule has 0 aliphatic rings. The van der Waals surface area contributed by atoms with Gasteiger partial charge in [-0.25, -0.2) is 0 Å². The Bertz CT molecular complexity index is 289. The molecule has 0 unspecified atom stereocenters. The summed E-state index contributed by atoms with van der Waals surface area (Å²) in [6.45, 7) is 3.10. The van der Waals surface area contributed by atoms with Crippen molar-refractivity contribution >= 4 is 11.5 Å². The molecule has 1 radical (unpaired) electrons. The van der Waals surface area contributed by atoms with Gasteiger partial charge in [0.25, 0.3) is 5.56 Å². The molecule has 1 aromatic rings. The molecule has 3 heteroatoms. The van der Waals surface area contributed by atoms with Crippen molar-refractivity contribution in [3.05, 3.63) is 21.8 Å². The van der Waals surface area contributed by atoms with Crippen molar-refractivity contribution in [2.24, 2.45) is 0 Å². The lowest BCUT2D eigenvalue weighted by atomic mass is 10.1. The quantitative estimate of drug-likeness (QED) is 0.637. The maximum Gasteiger partial charge on any atom is 0.268 e. The van der Waals surface area contributed by atoms with Gasteiger partial charge in [0.1, 0.15) is 0 Å². The zero-order valence-electron chi connectivity index (χ0n) is 8.79. The predicted molar refractivity (Wildman–Crippen MR) is 60.8 cm³/mol. The number of hydrogen-bond acceptors (Lipinski definition) is 2. The zero-order chi connectivity index (χ0) is 10.2. The molecule has 0 bridgehead atoms. The van der Waals surface area contributed by atoms with Crippen LogP contribution in [0.1, 0.15) is 45.4 Å². The van der Waals surface area contributed by atoms with Crippen molar-refractivity contribution in [2.45, 2.75) is 52.0 Å². The molecule has 0 amide bonds. The number of rotatable bonds is 7. The first-order valence-corrected chi connectivity index (χ1v) is 6.24. The van der Waals surface area contributed by atoms with Crippen LogP contribution in [0.15, 0.2) is 10.2 Å². The Morgan fingerprint density at radius 2 is 2.00 bits per heavy atom. The molecule has 0 aliphatic carbocycles. The van der Waals surface area contributed by atoms with Gasteiger partial charge in [-0.15, -0.1) is 0 Å². The van der Waals surface area contributed by atoms with E-state index in [4.69, 9.17) is 0 Å². The Hall–Kier alpha value is -0.570. The SMILES string of the molecule is CCCCCCCCn1sc[c]c1=O. The van der Waals surface area contributed by atoms with Crippen LogP contribution in [-0.2, 0) is 6.54 Å². The van der Waals surface area contributed by atoms with Gasteiger partial charge >= 0.3 is 0 Å². The van der Waals surface area contributed by atoms with Crippen LogP contribution in [0.2, 0.25) is 0 Å². The lowest BCUT2D eigenvalue weighted by Gasteiger charge is -2.00. The maximum atomic E-state index is 11.1. The Kier molecular flexibility index (Phi) is 5.60. The number of hydrogen-bond donors (Lipinski definition) is 0. The molecule has 0 aliphatic heterocycles. The summed E-state index contributed by atoms with van der Waals surface area (Å²) in [5.41, 5.74) is 0.0311. The van der Waals surface area contributed by atoms with Gasteiger partial charge in [-0.2, -0.15) is 0 Å². The second-order valence-electron chi connectivity index (χ2n) is 3.54. The normalized spacial score (nSPS) is 10.6. The molecular formula is C11H18NOS. The van der Waals surface area contributed by atoms with E-state index < -0.39 is 0 Å². The summed E-state index contributed by atoms with van der Waals surface area (Å²) >= 11 is 1.47. The minimum Gasteiger partial charge on any atom is -0.268 e. The van der Waals surface area contributed by atoms with E-state index in [9.17, 15) is 4.79 Å². The molecule has 0 saturated carbocycles. The molecule has 1 heterocycles. The predicted octanol–water partition coefficient (Wildman–Crippen LogP) is 3.07. The van der Waals surface area contributed by atoms with E-state index in [0.29, 0.717) is 0 Å². The largest absolute Gasteiger partial charge is 0.268 e. The Balaban J connectivity index is 2.05. The van der Waals surface area contributed by atoms with Crippen molar-refractivity contribution in [3.8, 4) is 0 Å². The van der Waals surface area contributed by atoms with Crippen LogP contribution in [0.4, 0.5) is 0 Å². The van der Waals surface area contributed by atoms with Gasteiger partial charge in [0.15, 0.2) is 0 Å². The Labute approximate surface area is 89.7 Å². The molecular weight excluding hydrogens is 194 g/mol. The molecule has 0 spiro atoms. The van der Waals surface area contributed by atoms with E-state index in [1.165, 1.54) is 43.6 Å². The number of aromatic nitrogens is 1. The topological polar surface area (TPSA) is 22.0 Å². The molecule has 79 valence electrons. The third-order valence-corrected chi connectivity index (χ3v) is 3.13. The van der Waals surface area contributed by atoms with Crippen LogP contribution < -0.4 is 5.56 Å². The fourth-order valence-corrected chi connectivity index (χ4v) is 2.11. The second kappa shape index (κ2) is 6.82. The van der Waals surface area contributed by atoms with Crippen molar-refractivity contribution in [1.29, 1.82) is 0 Å². The first-order valence-electron chi connectivity index (χ1n) is 5.41. The van der Waals surface area contributed by atoms with Crippen molar-refractivity contribution in [2.75, 3.05) is 0 Å². The number of aryl methyl sites for hydroxylation is 1. The lowest BCUT2D eigenvalue weighted by Crippen LogP contribution is -2.11. The standard InChI is InChI=1S/C11H18NOS/c1-2-3-4-5-6-7-9-12-11(13)8-10-14-12/h10H,2-7,9H2,1H3. The van der Waals surface area contributed by atoms with Crippen LogP contribution >= 0.6 is 11.5 Å². The fourth-order valence-electron chi connectivity index (χ4n) is 1.45. The summed E-state index contributed by atoms with van der Waals surface area (Å²) in [5, 5.41) is 1.74. The average Bonchev–Trinajstić information content (AvgIpc) is 2.58. The first-order chi connectivity index (χ1) is 6.84. The highest BCUT2D eigenvalue weighted by molar-refractivity contribution is 7.04. The van der Waals surface area contributed by atoms with Crippen molar-refractivity contribution in [1.82, 2.24) is 3.96 Å². The summed E-state index contributed by atoms with van der Waals surface area (Å²) in [6.07, 6.45) is 7.63. The molecule has 0 aromatic carbocycles. The summed E-state index contributed by atoms with van der Waals surface area (Å²) in [6, 6.07) is 2.66. The number of nitrogens with zero attached hydrogens (tertiary/aromatic N) is 1. The zero-order valence-corrected chi connectivity index (χ0v) is 9.61. The monoisotopic (exact) mass is 212 g/mol. The van der Waals surface area contributed by atoms with Gasteiger partial charge < -0.3 is 0 Å². The molecule has 0 saturated heterocycles. The molecule has 2 nitrogen and oxygen atoms in total. The van der Waals surface area contributed by atoms with Crippen LogP contribution in [0.3, 0.4) is 0 Å². The lowest BCUT2D eigenvalue weighted by molar-refractivity contribution is 0.569. The minimum absolute atomic E-state index is 0.0311. The Morgan fingerprint density at radius 3 is 2.64 bits per heavy atom. The molecule has 0 fully saturated rings. The summed E-state index contributed by atoms with van der Waals surface area (Å²) in [7, 11) is 0. The maximum absolute atomic E-state index is 11.1. The van der Waals surface area contributed by atoms with Crippen molar-refractivity contribution in [3.63, 3.8) is 0 Å². The van der Waals surface area contributed by atoms with Crippen molar-refractivity contribution < 1.29 is 0 Å². The summed E-state index contributed by atoms with van der Waals surface area (Å²) in [5.74, 6) is 0. The average molecular weight is 212 g/mol. The van der Waals surface area contributed by atoms with Crippen LogP contribution in [0, 0.1) is 6.07 Å². The van der Waals surface area contributed by atoms with Gasteiger partial charge in [-0.05, 0) is 6.42 Å². The van der Waals surface area contributed by atoms with E-state index in [1.54, 1.807) is 9.34 Å². The smallest absolute Gasteiger partial charge is 0.268 e. The molecule has 0 N–H and O–H groups in total. The van der Waals surface area contributed by atoms with Crippen LogP contribution in [-0.4, -0.2) is 3.96 Å². The number of unbranched alkanes of at least 4 members (excludes halogenated alkanes) is 5. The van der Waals surface area contributed by atoms with Crippen LogP contribution in [0.5, 0.6) is 0 Å². The molecule has 1 rings (SSSR count). The van der Waals surface area contributed by atoms with Gasteiger partial charge in [0.05, 0.1) is 6.07 Å². The second-order valence-corrected chi connectivity index (χ2v) is 4.43. The van der Waals surface area contributed by atoms with Gasteiger partial charge in [0, 0.05) is 11.9 Å². The first kappa shape index (κ1) is 11.5. The minimum atomic E-state index is 0.0311. The fraction of sp³-hybridized carbons (Fsp3) is 0.727. The summed E-state index contributed by atoms with van der Waals surface area (Å²) in [4.78, 5) is 11.1. The van der Waals surface area contributed by atoms with E-state index >= 15 is 0 Å². The molecule has 14 heavy (non-hydrogen) atoms. The molecule has 1 aromatic heterocycles. The van der Waals surface area contributed by atoms with E-state index in [-0.39, 0.29) is 5.56 Å². The highest BCUT2D eigenvalue weighted by Crippen LogP contribution is 2.06. The third-order valence-electron chi connectivity index (χ3n) is 2.30. The molecule has 0 atom stereocenters. The van der Waals surface area contributed by atoms with Gasteiger partial charge in [-0.1, -0.05) is 50.6 Å². The highest BCUT2D eigenvalue weighted by Gasteiger charge is 1.96. The van der Waals surface area contributed by atoms with E-state index in [0.717, 1.165) is 13.0 Å². The van der Waals surface area contributed by atoms with Gasteiger partial charge in [0.2, 0.25) is 0 Å². The van der Waals surface area contributed by atoms with Gasteiger partial charge in [-0.3, -0.25) is 8.75 Å².